The minimum Gasteiger partial charge on any atom is -0.378 e. The van der Waals surface area contributed by atoms with E-state index in [1.165, 1.54) is 16.7 Å². The molecule has 1 aromatic carbocycles. The summed E-state index contributed by atoms with van der Waals surface area (Å²) >= 11 is 1.23. The summed E-state index contributed by atoms with van der Waals surface area (Å²) in [7, 11) is 0. The molecule has 2 aliphatic heterocycles. The molecule has 0 saturated carbocycles. The zero-order valence-corrected chi connectivity index (χ0v) is 13.2. The molecule has 0 atom stereocenters. The van der Waals surface area contributed by atoms with Crippen LogP contribution in [0.3, 0.4) is 0 Å². The molecule has 1 aromatic rings. The molecule has 2 heterocycles. The van der Waals surface area contributed by atoms with Gasteiger partial charge in [-0.3, -0.25) is 14.5 Å². The number of morpholine rings is 1. The summed E-state index contributed by atoms with van der Waals surface area (Å²) in [5.41, 5.74) is 0.687. The van der Waals surface area contributed by atoms with Crippen molar-refractivity contribution in [3.05, 3.63) is 40.9 Å². The van der Waals surface area contributed by atoms with Gasteiger partial charge in [0, 0.05) is 18.8 Å². The molecule has 0 unspecified atom stereocenters. The topological polar surface area (TPSA) is 73.6 Å². The van der Waals surface area contributed by atoms with Gasteiger partial charge >= 0.3 is 0 Å². The zero-order chi connectivity index (χ0) is 16.2. The molecule has 118 valence electrons. The fraction of sp³-hybridized carbons (Fsp3) is 0.312. The number of amides is 2. The highest BCUT2D eigenvalue weighted by atomic mass is 32.2. The van der Waals surface area contributed by atoms with Crippen molar-refractivity contribution >= 4 is 29.3 Å². The Kier molecular flexibility index (Phi) is 4.65. The van der Waals surface area contributed by atoms with Crippen molar-refractivity contribution in [2.24, 2.45) is 0 Å². The third-order valence-electron chi connectivity index (χ3n) is 3.64. The van der Waals surface area contributed by atoms with Gasteiger partial charge in [0.2, 0.25) is 5.91 Å². The molecule has 6 nitrogen and oxygen atoms in total. The smallest absolute Gasteiger partial charge is 0.267 e. The number of hydrogen-bond donors (Lipinski definition) is 0. The lowest BCUT2D eigenvalue weighted by Crippen LogP contribution is -2.42. The highest BCUT2D eigenvalue weighted by Crippen LogP contribution is 2.36. The van der Waals surface area contributed by atoms with Gasteiger partial charge in [0.1, 0.15) is 16.7 Å². The minimum absolute atomic E-state index is 0.0200. The average molecular weight is 329 g/mol. The van der Waals surface area contributed by atoms with E-state index in [0.717, 1.165) is 0 Å². The van der Waals surface area contributed by atoms with Crippen LogP contribution in [0.5, 0.6) is 0 Å². The van der Waals surface area contributed by atoms with Crippen LogP contribution in [0.15, 0.2) is 40.9 Å². The monoisotopic (exact) mass is 329 g/mol. The Balaban J connectivity index is 1.97. The number of nitrogens with zero attached hydrogens (tertiary/aromatic N) is 3. The highest BCUT2D eigenvalue weighted by Gasteiger charge is 2.34. The number of para-hydroxylation sites is 1. The van der Waals surface area contributed by atoms with E-state index in [1.807, 2.05) is 24.3 Å². The second-order valence-electron chi connectivity index (χ2n) is 5.05. The van der Waals surface area contributed by atoms with Gasteiger partial charge in [0.25, 0.3) is 5.91 Å². The number of hydrogen-bond acceptors (Lipinski definition) is 5. The first-order chi connectivity index (χ1) is 11.2. The molecule has 23 heavy (non-hydrogen) atoms. The van der Waals surface area contributed by atoms with Crippen molar-refractivity contribution in [3.8, 4) is 6.07 Å². The normalized spacial score (nSPS) is 20.4. The van der Waals surface area contributed by atoms with Gasteiger partial charge in [0.15, 0.2) is 0 Å². The lowest BCUT2D eigenvalue weighted by Gasteiger charge is -2.27. The maximum Gasteiger partial charge on any atom is 0.267 e. The lowest BCUT2D eigenvalue weighted by molar-refractivity contribution is -0.130. The van der Waals surface area contributed by atoms with E-state index in [9.17, 15) is 14.9 Å². The molecule has 0 aliphatic carbocycles. The summed E-state index contributed by atoms with van der Waals surface area (Å²) in [5.74, 6) is -0.237. The summed E-state index contributed by atoms with van der Waals surface area (Å²) in [4.78, 5) is 27.9. The van der Waals surface area contributed by atoms with Crippen LogP contribution < -0.4 is 4.90 Å². The molecule has 0 aromatic heterocycles. The van der Waals surface area contributed by atoms with Gasteiger partial charge in [-0.1, -0.05) is 30.0 Å². The van der Waals surface area contributed by atoms with Crippen molar-refractivity contribution in [3.63, 3.8) is 0 Å². The Morgan fingerprint density at radius 2 is 1.91 bits per heavy atom. The predicted molar refractivity (Wildman–Crippen MR) is 86.4 cm³/mol. The number of ether oxygens (including phenoxy) is 1. The highest BCUT2D eigenvalue weighted by molar-refractivity contribution is 8.04. The first-order valence-electron chi connectivity index (χ1n) is 7.24. The van der Waals surface area contributed by atoms with E-state index in [2.05, 4.69) is 0 Å². The fourth-order valence-electron chi connectivity index (χ4n) is 2.51. The van der Waals surface area contributed by atoms with Gasteiger partial charge in [-0.2, -0.15) is 5.26 Å². The van der Waals surface area contributed by atoms with Crippen molar-refractivity contribution in [1.82, 2.24) is 4.90 Å². The van der Waals surface area contributed by atoms with Crippen LogP contribution >= 0.6 is 11.8 Å². The molecule has 3 rings (SSSR count). The summed E-state index contributed by atoms with van der Waals surface area (Å²) < 4.78 is 5.23. The number of carbonyl (C=O) groups excluding carboxylic acids is 2. The number of anilines is 1. The Morgan fingerprint density at radius 1 is 1.22 bits per heavy atom. The zero-order valence-electron chi connectivity index (χ0n) is 12.4. The van der Waals surface area contributed by atoms with Gasteiger partial charge < -0.3 is 9.64 Å². The summed E-state index contributed by atoms with van der Waals surface area (Å²) in [6.07, 6.45) is 0. The van der Waals surface area contributed by atoms with Gasteiger partial charge in [-0.25, -0.2) is 0 Å². The molecule has 0 radical (unpaired) electrons. The second kappa shape index (κ2) is 6.86. The van der Waals surface area contributed by atoms with E-state index in [4.69, 9.17) is 4.74 Å². The van der Waals surface area contributed by atoms with Crippen LogP contribution in [-0.4, -0.2) is 48.8 Å². The molecule has 7 heteroatoms. The Labute approximate surface area is 138 Å². The fourth-order valence-corrected chi connectivity index (χ4v) is 3.51. The Morgan fingerprint density at radius 3 is 2.57 bits per heavy atom. The van der Waals surface area contributed by atoms with Crippen molar-refractivity contribution in [1.29, 1.82) is 5.26 Å². The van der Waals surface area contributed by atoms with Gasteiger partial charge in [-0.05, 0) is 12.1 Å². The van der Waals surface area contributed by atoms with Crippen LogP contribution in [0.1, 0.15) is 0 Å². The first-order valence-corrected chi connectivity index (χ1v) is 8.23. The molecular formula is C16H15N3O3S. The van der Waals surface area contributed by atoms with E-state index < -0.39 is 0 Å². The van der Waals surface area contributed by atoms with Crippen molar-refractivity contribution in [2.75, 3.05) is 37.0 Å². The quantitative estimate of drug-likeness (QED) is 0.605. The third kappa shape index (κ3) is 3.09. The molecule has 0 N–H and O–H groups in total. The number of carbonyl (C=O) groups is 2. The number of nitriles is 1. The maximum absolute atomic E-state index is 12.6. The summed E-state index contributed by atoms with van der Waals surface area (Å²) in [6.45, 7) is 1.85. The van der Waals surface area contributed by atoms with E-state index in [0.29, 0.717) is 37.0 Å². The number of benzene rings is 1. The van der Waals surface area contributed by atoms with Crippen LogP contribution in [0.4, 0.5) is 5.69 Å². The predicted octanol–water partition coefficient (Wildman–Crippen LogP) is 1.36. The van der Waals surface area contributed by atoms with Crippen LogP contribution in [0.25, 0.3) is 0 Å². The molecular weight excluding hydrogens is 314 g/mol. The Bertz CT molecular complexity index is 690. The van der Waals surface area contributed by atoms with Crippen molar-refractivity contribution in [2.45, 2.75) is 0 Å². The average Bonchev–Trinajstić information content (AvgIpc) is 2.98. The van der Waals surface area contributed by atoms with Crippen LogP contribution in [0.2, 0.25) is 0 Å². The van der Waals surface area contributed by atoms with Crippen LogP contribution in [-0.2, 0) is 14.3 Å². The SMILES string of the molecule is N#C/C(C(=O)N1CCOCC1)=C1/SCC(=O)N1c1ccccc1. The van der Waals surface area contributed by atoms with E-state index in [-0.39, 0.29) is 23.1 Å². The lowest BCUT2D eigenvalue weighted by atomic mass is 10.2. The largest absolute Gasteiger partial charge is 0.378 e. The molecule has 2 amide bonds. The molecule has 2 fully saturated rings. The van der Waals surface area contributed by atoms with E-state index in [1.54, 1.807) is 17.0 Å². The Hall–Kier alpha value is -2.30. The standard InChI is InChI=1S/C16H15N3O3S/c17-10-13(15(21)18-6-8-22-9-7-18)16-19(14(20)11-23-16)12-4-2-1-3-5-12/h1-5H,6-9,11H2/b16-13-. The van der Waals surface area contributed by atoms with E-state index >= 15 is 0 Å². The van der Waals surface area contributed by atoms with Gasteiger partial charge in [-0.15, -0.1) is 0 Å². The number of rotatable bonds is 2. The maximum atomic E-state index is 12.6. The molecule has 0 bridgehead atoms. The third-order valence-corrected chi connectivity index (χ3v) is 4.69. The van der Waals surface area contributed by atoms with Crippen LogP contribution in [0, 0.1) is 11.3 Å². The summed E-state index contributed by atoms with van der Waals surface area (Å²) in [5, 5.41) is 9.92. The van der Waals surface area contributed by atoms with Gasteiger partial charge in [0.05, 0.1) is 19.0 Å². The molecule has 2 saturated heterocycles. The number of thioether (sulfide) groups is 1. The van der Waals surface area contributed by atoms with Crippen molar-refractivity contribution < 1.29 is 14.3 Å². The minimum atomic E-state index is -0.339. The second-order valence-corrected chi connectivity index (χ2v) is 6.01. The molecule has 0 spiro atoms. The molecule has 2 aliphatic rings. The summed E-state index contributed by atoms with van der Waals surface area (Å²) in [6, 6.07) is 11.1. The first kappa shape index (κ1) is 15.6.